The summed E-state index contributed by atoms with van der Waals surface area (Å²) in [5.41, 5.74) is 2.39. The van der Waals surface area contributed by atoms with E-state index in [1.165, 1.54) is 18.4 Å². The molecule has 1 aliphatic heterocycles. The minimum atomic E-state index is 0.569. The van der Waals surface area contributed by atoms with Crippen molar-refractivity contribution in [2.45, 2.75) is 25.7 Å². The lowest BCUT2D eigenvalue weighted by molar-refractivity contribution is 0.507. The molecule has 1 atom stereocenters. The summed E-state index contributed by atoms with van der Waals surface area (Å²) >= 11 is 0. The standard InChI is InChI=1S/C14H18N4/c1-11-4-2-6-14(17-11)18-7-3-5-12(10-18)13-8-15-16-9-13/h2,4,6,8-9,12H,3,5,7,10H2,1H3,(H,15,16)/t12-/m1/s1. The molecule has 0 aliphatic carbocycles. The highest BCUT2D eigenvalue weighted by Gasteiger charge is 2.22. The molecule has 0 aromatic carbocycles. The Hall–Kier alpha value is -1.84. The largest absolute Gasteiger partial charge is 0.356 e. The second-order valence-corrected chi connectivity index (χ2v) is 4.95. The van der Waals surface area contributed by atoms with E-state index >= 15 is 0 Å². The van der Waals surface area contributed by atoms with Crippen LogP contribution in [-0.2, 0) is 0 Å². The number of aromatic amines is 1. The Kier molecular flexibility index (Phi) is 3.00. The number of rotatable bonds is 2. The highest BCUT2D eigenvalue weighted by atomic mass is 15.2. The highest BCUT2D eigenvalue weighted by molar-refractivity contribution is 5.40. The summed E-state index contributed by atoms with van der Waals surface area (Å²) in [6.07, 6.45) is 6.41. The third-order valence-corrected chi connectivity index (χ3v) is 3.61. The maximum atomic E-state index is 4.62. The molecule has 4 nitrogen and oxygen atoms in total. The maximum absolute atomic E-state index is 4.62. The summed E-state index contributed by atoms with van der Waals surface area (Å²) in [6, 6.07) is 6.23. The first-order valence-corrected chi connectivity index (χ1v) is 6.50. The van der Waals surface area contributed by atoms with Crippen LogP contribution < -0.4 is 4.90 Å². The third-order valence-electron chi connectivity index (χ3n) is 3.61. The zero-order valence-electron chi connectivity index (χ0n) is 10.6. The summed E-state index contributed by atoms with van der Waals surface area (Å²) in [5, 5.41) is 6.96. The molecule has 0 amide bonds. The van der Waals surface area contributed by atoms with Crippen LogP contribution in [0, 0.1) is 6.92 Å². The molecule has 3 rings (SSSR count). The Morgan fingerprint density at radius 1 is 1.39 bits per heavy atom. The van der Waals surface area contributed by atoms with Gasteiger partial charge in [-0.05, 0) is 37.5 Å². The molecule has 0 unspecified atom stereocenters. The van der Waals surface area contributed by atoms with Gasteiger partial charge in [-0.3, -0.25) is 5.10 Å². The summed E-state index contributed by atoms with van der Waals surface area (Å²) in [6.45, 7) is 4.18. The highest BCUT2D eigenvalue weighted by Crippen LogP contribution is 2.28. The predicted molar refractivity (Wildman–Crippen MR) is 71.7 cm³/mol. The van der Waals surface area contributed by atoms with Crippen molar-refractivity contribution in [3.05, 3.63) is 41.9 Å². The number of nitrogens with zero attached hydrogens (tertiary/aromatic N) is 3. The Morgan fingerprint density at radius 2 is 2.33 bits per heavy atom. The van der Waals surface area contributed by atoms with Crippen molar-refractivity contribution in [2.24, 2.45) is 0 Å². The quantitative estimate of drug-likeness (QED) is 0.880. The molecular formula is C14H18N4. The maximum Gasteiger partial charge on any atom is 0.128 e. The van der Waals surface area contributed by atoms with Gasteiger partial charge in [0.2, 0.25) is 0 Å². The van der Waals surface area contributed by atoms with E-state index in [1.807, 2.05) is 25.4 Å². The molecule has 4 heteroatoms. The zero-order valence-corrected chi connectivity index (χ0v) is 10.6. The van der Waals surface area contributed by atoms with Gasteiger partial charge in [0.05, 0.1) is 6.20 Å². The number of aryl methyl sites for hydroxylation is 1. The number of anilines is 1. The third kappa shape index (κ3) is 2.23. The van der Waals surface area contributed by atoms with Gasteiger partial charge in [-0.1, -0.05) is 6.07 Å². The van der Waals surface area contributed by atoms with Crippen LogP contribution in [0.25, 0.3) is 0 Å². The van der Waals surface area contributed by atoms with Crippen LogP contribution in [0.5, 0.6) is 0 Å². The van der Waals surface area contributed by atoms with Gasteiger partial charge in [0.1, 0.15) is 5.82 Å². The molecule has 1 fully saturated rings. The Labute approximate surface area is 107 Å². The lowest BCUT2D eigenvalue weighted by Crippen LogP contribution is -2.34. The summed E-state index contributed by atoms with van der Waals surface area (Å²) < 4.78 is 0. The molecule has 94 valence electrons. The molecule has 18 heavy (non-hydrogen) atoms. The van der Waals surface area contributed by atoms with E-state index in [9.17, 15) is 0 Å². The van der Waals surface area contributed by atoms with Gasteiger partial charge >= 0.3 is 0 Å². The fraction of sp³-hybridized carbons (Fsp3) is 0.429. The average Bonchev–Trinajstić information content (AvgIpc) is 2.93. The van der Waals surface area contributed by atoms with Gasteiger partial charge in [-0.2, -0.15) is 5.10 Å². The molecule has 0 bridgehead atoms. The monoisotopic (exact) mass is 242 g/mol. The van der Waals surface area contributed by atoms with Gasteiger partial charge in [-0.15, -0.1) is 0 Å². The van der Waals surface area contributed by atoms with E-state index in [0.29, 0.717) is 5.92 Å². The topological polar surface area (TPSA) is 44.8 Å². The first-order chi connectivity index (χ1) is 8.83. The van der Waals surface area contributed by atoms with Gasteiger partial charge < -0.3 is 4.90 Å². The van der Waals surface area contributed by atoms with E-state index < -0.39 is 0 Å². The van der Waals surface area contributed by atoms with Crippen LogP contribution >= 0.6 is 0 Å². The van der Waals surface area contributed by atoms with Crippen molar-refractivity contribution in [3.63, 3.8) is 0 Å². The molecule has 1 saturated heterocycles. The smallest absolute Gasteiger partial charge is 0.128 e. The number of piperidine rings is 1. The van der Waals surface area contributed by atoms with E-state index in [2.05, 4.69) is 32.2 Å². The Morgan fingerprint density at radius 3 is 3.11 bits per heavy atom. The van der Waals surface area contributed by atoms with Gasteiger partial charge in [0, 0.05) is 30.9 Å². The fourth-order valence-corrected chi connectivity index (χ4v) is 2.65. The number of H-pyrrole nitrogens is 1. The Bertz CT molecular complexity index is 506. The molecule has 2 aromatic rings. The summed E-state index contributed by atoms with van der Waals surface area (Å²) in [4.78, 5) is 7.00. The second-order valence-electron chi connectivity index (χ2n) is 4.95. The van der Waals surface area contributed by atoms with Gasteiger partial charge in [0.15, 0.2) is 0 Å². The van der Waals surface area contributed by atoms with Crippen LogP contribution in [0.1, 0.15) is 30.0 Å². The molecule has 3 heterocycles. The zero-order chi connectivity index (χ0) is 12.4. The number of aromatic nitrogens is 3. The summed E-state index contributed by atoms with van der Waals surface area (Å²) in [7, 11) is 0. The van der Waals surface area contributed by atoms with Gasteiger partial charge in [-0.25, -0.2) is 4.98 Å². The van der Waals surface area contributed by atoms with Crippen molar-refractivity contribution in [3.8, 4) is 0 Å². The molecule has 0 saturated carbocycles. The first kappa shape index (κ1) is 11.3. The first-order valence-electron chi connectivity index (χ1n) is 6.50. The molecule has 1 aliphatic rings. The summed E-state index contributed by atoms with van der Waals surface area (Å²) in [5.74, 6) is 1.67. The van der Waals surface area contributed by atoms with Crippen molar-refractivity contribution < 1.29 is 0 Å². The van der Waals surface area contributed by atoms with Crippen LogP contribution in [-0.4, -0.2) is 28.3 Å². The van der Waals surface area contributed by atoms with E-state index in [-0.39, 0.29) is 0 Å². The van der Waals surface area contributed by atoms with Crippen molar-refractivity contribution in [2.75, 3.05) is 18.0 Å². The van der Waals surface area contributed by atoms with E-state index in [1.54, 1.807) is 0 Å². The lowest BCUT2D eigenvalue weighted by Gasteiger charge is -2.33. The number of hydrogen-bond acceptors (Lipinski definition) is 3. The molecule has 0 radical (unpaired) electrons. The van der Waals surface area contributed by atoms with Crippen LogP contribution in [0.2, 0.25) is 0 Å². The number of hydrogen-bond donors (Lipinski definition) is 1. The lowest BCUT2D eigenvalue weighted by atomic mass is 9.93. The predicted octanol–water partition coefficient (Wildman–Crippen LogP) is 2.50. The van der Waals surface area contributed by atoms with Crippen molar-refractivity contribution >= 4 is 5.82 Å². The van der Waals surface area contributed by atoms with E-state index in [0.717, 1.165) is 24.6 Å². The number of pyridine rings is 1. The van der Waals surface area contributed by atoms with Crippen molar-refractivity contribution in [1.82, 2.24) is 15.2 Å². The minimum absolute atomic E-state index is 0.569. The normalized spacial score (nSPS) is 20.1. The van der Waals surface area contributed by atoms with E-state index in [4.69, 9.17) is 0 Å². The average molecular weight is 242 g/mol. The van der Waals surface area contributed by atoms with Crippen molar-refractivity contribution in [1.29, 1.82) is 0 Å². The minimum Gasteiger partial charge on any atom is -0.356 e. The van der Waals surface area contributed by atoms with Crippen LogP contribution in [0.4, 0.5) is 5.82 Å². The molecule has 2 aromatic heterocycles. The fourth-order valence-electron chi connectivity index (χ4n) is 2.65. The molecular weight excluding hydrogens is 224 g/mol. The second kappa shape index (κ2) is 4.80. The Balaban J connectivity index is 1.78. The number of nitrogens with one attached hydrogen (secondary N) is 1. The SMILES string of the molecule is Cc1cccc(N2CCC[C@@H](c3cn[nH]c3)C2)n1. The van der Waals surface area contributed by atoms with Crippen LogP contribution in [0.3, 0.4) is 0 Å². The van der Waals surface area contributed by atoms with Crippen LogP contribution in [0.15, 0.2) is 30.6 Å². The molecule has 0 spiro atoms. The van der Waals surface area contributed by atoms with Gasteiger partial charge in [0.25, 0.3) is 0 Å². The molecule has 1 N–H and O–H groups in total.